The number of sulfone groups is 1. The van der Waals surface area contributed by atoms with Gasteiger partial charge in [0, 0.05) is 11.6 Å². The van der Waals surface area contributed by atoms with Crippen molar-refractivity contribution in [3.05, 3.63) is 52.3 Å². The van der Waals surface area contributed by atoms with Crippen molar-refractivity contribution in [2.75, 3.05) is 0 Å². The second kappa shape index (κ2) is 6.01. The average Bonchev–Trinajstić information content (AvgIpc) is 2.58. The minimum absolute atomic E-state index is 0.0726. The molecule has 10 heteroatoms. The standard InChI is InChI=1S/C15H11ClFN3O4S/c16-10-5-12-13(4-9(10)14(21)20-15(18)19)25(22,23)6-7-3-8(17)1-2-11(7)24-12/h1-5H,6H2,(H4,18,19,20,21). The molecule has 1 aliphatic heterocycles. The molecule has 2 aromatic carbocycles. The highest BCUT2D eigenvalue weighted by Gasteiger charge is 2.29. The maximum atomic E-state index is 13.4. The summed E-state index contributed by atoms with van der Waals surface area (Å²) < 4.78 is 44.2. The van der Waals surface area contributed by atoms with Crippen molar-refractivity contribution < 1.29 is 22.3 Å². The zero-order valence-electron chi connectivity index (χ0n) is 12.5. The first-order chi connectivity index (χ1) is 11.7. The number of ether oxygens (including phenoxy) is 1. The fraction of sp³-hybridized carbons (Fsp3) is 0.0667. The maximum absolute atomic E-state index is 13.4. The van der Waals surface area contributed by atoms with Gasteiger partial charge < -0.3 is 16.2 Å². The molecule has 0 spiro atoms. The molecule has 0 bridgehead atoms. The van der Waals surface area contributed by atoms with E-state index in [1.807, 2.05) is 0 Å². The van der Waals surface area contributed by atoms with Gasteiger partial charge in [-0.1, -0.05) is 11.6 Å². The van der Waals surface area contributed by atoms with Gasteiger partial charge in [0.15, 0.2) is 15.8 Å². The number of nitrogens with zero attached hydrogens (tertiary/aromatic N) is 1. The zero-order chi connectivity index (χ0) is 18.4. The SMILES string of the molecule is NC(N)=NC(=O)c1cc2c(cc1Cl)Oc1ccc(F)cc1CS2(=O)=O. The van der Waals surface area contributed by atoms with Crippen LogP contribution in [0.1, 0.15) is 15.9 Å². The summed E-state index contributed by atoms with van der Waals surface area (Å²) in [7, 11) is -3.92. The number of carbonyl (C=O) groups excluding carboxylic acids is 1. The van der Waals surface area contributed by atoms with Gasteiger partial charge in [0.05, 0.1) is 16.3 Å². The largest absolute Gasteiger partial charge is 0.456 e. The van der Waals surface area contributed by atoms with E-state index < -0.39 is 33.3 Å². The van der Waals surface area contributed by atoms with E-state index in [1.165, 1.54) is 12.1 Å². The fourth-order valence-corrected chi connectivity index (χ4v) is 4.09. The lowest BCUT2D eigenvalue weighted by Crippen LogP contribution is -2.24. The number of fused-ring (bicyclic) bond motifs is 2. The maximum Gasteiger partial charge on any atom is 0.281 e. The quantitative estimate of drug-likeness (QED) is 0.573. The summed E-state index contributed by atoms with van der Waals surface area (Å²) in [5.74, 6) is -2.36. The Morgan fingerprint density at radius 2 is 1.92 bits per heavy atom. The summed E-state index contributed by atoms with van der Waals surface area (Å²) >= 11 is 6.03. The molecule has 1 heterocycles. The van der Waals surface area contributed by atoms with Crippen molar-refractivity contribution in [1.29, 1.82) is 0 Å². The molecule has 2 aromatic rings. The van der Waals surface area contributed by atoms with Gasteiger partial charge in [0.25, 0.3) is 5.91 Å². The number of amides is 1. The molecular formula is C15H11ClFN3O4S. The van der Waals surface area contributed by atoms with E-state index >= 15 is 0 Å². The lowest BCUT2D eigenvalue weighted by Gasteiger charge is -2.10. The molecule has 4 N–H and O–H groups in total. The molecule has 0 atom stereocenters. The lowest BCUT2D eigenvalue weighted by molar-refractivity contribution is 0.100. The normalized spacial score (nSPS) is 14.5. The van der Waals surface area contributed by atoms with Crippen LogP contribution in [0.5, 0.6) is 11.5 Å². The van der Waals surface area contributed by atoms with Crippen LogP contribution in [0.25, 0.3) is 0 Å². The number of carbonyl (C=O) groups is 1. The summed E-state index contributed by atoms with van der Waals surface area (Å²) in [6.07, 6.45) is 0. The van der Waals surface area contributed by atoms with Gasteiger partial charge in [-0.2, -0.15) is 4.99 Å². The van der Waals surface area contributed by atoms with Crippen LogP contribution in [0.2, 0.25) is 5.02 Å². The zero-order valence-corrected chi connectivity index (χ0v) is 14.1. The molecule has 0 saturated heterocycles. The summed E-state index contributed by atoms with van der Waals surface area (Å²) in [4.78, 5) is 15.1. The number of halogens is 2. The minimum Gasteiger partial charge on any atom is -0.456 e. The molecule has 0 fully saturated rings. The third kappa shape index (κ3) is 3.28. The number of hydrogen-bond donors (Lipinski definition) is 2. The van der Waals surface area contributed by atoms with Crippen LogP contribution < -0.4 is 16.2 Å². The van der Waals surface area contributed by atoms with Crippen LogP contribution in [0.4, 0.5) is 4.39 Å². The van der Waals surface area contributed by atoms with Gasteiger partial charge in [-0.3, -0.25) is 4.79 Å². The van der Waals surface area contributed by atoms with Crippen molar-refractivity contribution >= 4 is 33.3 Å². The van der Waals surface area contributed by atoms with Crippen molar-refractivity contribution in [1.82, 2.24) is 0 Å². The van der Waals surface area contributed by atoms with E-state index in [0.29, 0.717) is 0 Å². The molecule has 1 aliphatic rings. The van der Waals surface area contributed by atoms with Crippen molar-refractivity contribution in [2.45, 2.75) is 10.6 Å². The second-order valence-corrected chi connectivity index (χ2v) is 7.60. The predicted molar refractivity (Wildman–Crippen MR) is 89.0 cm³/mol. The predicted octanol–water partition coefficient (Wildman–Crippen LogP) is 1.97. The molecular weight excluding hydrogens is 373 g/mol. The molecule has 3 rings (SSSR count). The monoisotopic (exact) mass is 383 g/mol. The fourth-order valence-electron chi connectivity index (χ4n) is 2.36. The summed E-state index contributed by atoms with van der Waals surface area (Å²) in [5.41, 5.74) is 10.3. The Hall–Kier alpha value is -2.65. The Balaban J connectivity index is 2.20. The first-order valence-electron chi connectivity index (χ1n) is 6.84. The molecule has 130 valence electrons. The molecule has 0 unspecified atom stereocenters. The highest BCUT2D eigenvalue weighted by Crippen LogP contribution is 2.40. The van der Waals surface area contributed by atoms with Crippen LogP contribution >= 0.6 is 11.6 Å². The van der Waals surface area contributed by atoms with E-state index in [0.717, 1.165) is 18.2 Å². The summed E-state index contributed by atoms with van der Waals surface area (Å²) in [5, 5.41) is -0.0884. The highest BCUT2D eigenvalue weighted by molar-refractivity contribution is 7.90. The Kier molecular flexibility index (Phi) is 4.13. The first-order valence-corrected chi connectivity index (χ1v) is 8.87. The summed E-state index contributed by atoms with van der Waals surface area (Å²) in [6.45, 7) is 0. The van der Waals surface area contributed by atoms with Gasteiger partial charge in [-0.05, 0) is 24.3 Å². The number of nitrogens with two attached hydrogens (primary N) is 2. The van der Waals surface area contributed by atoms with Crippen molar-refractivity contribution in [3.8, 4) is 11.5 Å². The number of guanidine groups is 1. The van der Waals surface area contributed by atoms with Crippen LogP contribution in [0, 0.1) is 5.82 Å². The highest BCUT2D eigenvalue weighted by atomic mass is 35.5. The van der Waals surface area contributed by atoms with E-state index in [2.05, 4.69) is 4.99 Å². The second-order valence-electron chi connectivity index (χ2n) is 5.23. The Labute approximate surface area is 147 Å². The molecule has 0 radical (unpaired) electrons. The van der Waals surface area contributed by atoms with Crippen LogP contribution in [-0.4, -0.2) is 20.3 Å². The molecule has 1 amide bonds. The van der Waals surface area contributed by atoms with Gasteiger partial charge in [-0.25, -0.2) is 12.8 Å². The minimum atomic E-state index is -3.92. The van der Waals surface area contributed by atoms with Crippen molar-refractivity contribution in [3.63, 3.8) is 0 Å². The number of hydrogen-bond acceptors (Lipinski definition) is 4. The van der Waals surface area contributed by atoms with Crippen LogP contribution in [0.15, 0.2) is 40.2 Å². The number of rotatable bonds is 1. The van der Waals surface area contributed by atoms with Gasteiger partial charge in [0.2, 0.25) is 0 Å². The van der Waals surface area contributed by atoms with E-state index in [-0.39, 0.29) is 32.5 Å². The third-order valence-electron chi connectivity index (χ3n) is 3.42. The molecule has 7 nitrogen and oxygen atoms in total. The lowest BCUT2D eigenvalue weighted by atomic mass is 10.2. The van der Waals surface area contributed by atoms with E-state index in [9.17, 15) is 17.6 Å². The van der Waals surface area contributed by atoms with Gasteiger partial charge in [-0.15, -0.1) is 0 Å². The topological polar surface area (TPSA) is 125 Å². The van der Waals surface area contributed by atoms with Crippen LogP contribution in [-0.2, 0) is 15.6 Å². The molecule has 0 saturated carbocycles. The van der Waals surface area contributed by atoms with E-state index in [1.54, 1.807) is 0 Å². The Morgan fingerprint density at radius 3 is 2.60 bits per heavy atom. The number of benzene rings is 2. The molecule has 25 heavy (non-hydrogen) atoms. The van der Waals surface area contributed by atoms with E-state index in [4.69, 9.17) is 27.8 Å². The third-order valence-corrected chi connectivity index (χ3v) is 5.41. The molecule has 0 aliphatic carbocycles. The van der Waals surface area contributed by atoms with Gasteiger partial charge >= 0.3 is 0 Å². The first kappa shape index (κ1) is 17.2. The average molecular weight is 384 g/mol. The van der Waals surface area contributed by atoms with Crippen molar-refractivity contribution in [2.24, 2.45) is 16.5 Å². The molecule has 0 aromatic heterocycles. The Morgan fingerprint density at radius 1 is 1.20 bits per heavy atom. The Bertz CT molecular complexity index is 1030. The summed E-state index contributed by atoms with van der Waals surface area (Å²) in [6, 6.07) is 5.77. The smallest absolute Gasteiger partial charge is 0.281 e. The van der Waals surface area contributed by atoms with Crippen LogP contribution in [0.3, 0.4) is 0 Å². The number of aliphatic imine (C=N–C) groups is 1. The van der Waals surface area contributed by atoms with Gasteiger partial charge in [0.1, 0.15) is 22.2 Å².